The van der Waals surface area contributed by atoms with Crippen molar-refractivity contribution in [2.24, 2.45) is 5.92 Å². The third-order valence-electron chi connectivity index (χ3n) is 4.25. The molecule has 7 heteroatoms. The SMILES string of the molecule is CNS(=O)(=O)c1cc(C(=O)N2C[C@@H](C)Cc3ccccc32)c(C)o1. The molecule has 0 spiro atoms. The molecule has 1 aliphatic heterocycles. The van der Waals surface area contributed by atoms with Gasteiger partial charge in [-0.3, -0.25) is 4.79 Å². The van der Waals surface area contributed by atoms with Crippen molar-refractivity contribution < 1.29 is 17.6 Å². The van der Waals surface area contributed by atoms with Crippen LogP contribution in [0.25, 0.3) is 0 Å². The van der Waals surface area contributed by atoms with Crippen molar-refractivity contribution in [2.45, 2.75) is 25.4 Å². The minimum absolute atomic E-state index is 0.243. The largest absolute Gasteiger partial charge is 0.448 e. The molecule has 1 aromatic carbocycles. The number of rotatable bonds is 3. The van der Waals surface area contributed by atoms with E-state index in [1.165, 1.54) is 13.1 Å². The molecule has 0 unspecified atom stereocenters. The van der Waals surface area contributed by atoms with E-state index < -0.39 is 10.0 Å². The predicted octanol–water partition coefficient (Wildman–Crippen LogP) is 2.34. The summed E-state index contributed by atoms with van der Waals surface area (Å²) in [5.41, 5.74) is 2.26. The summed E-state index contributed by atoms with van der Waals surface area (Å²) in [7, 11) is -2.42. The van der Waals surface area contributed by atoms with Crippen LogP contribution in [0.15, 0.2) is 39.8 Å². The molecule has 2 heterocycles. The first-order valence-electron chi connectivity index (χ1n) is 7.77. The zero-order chi connectivity index (χ0) is 17.5. The number of fused-ring (bicyclic) bond motifs is 1. The van der Waals surface area contributed by atoms with Crippen molar-refractivity contribution in [2.75, 3.05) is 18.5 Å². The number of amides is 1. The number of nitrogens with zero attached hydrogens (tertiary/aromatic N) is 1. The molecule has 0 fully saturated rings. The molecule has 0 bridgehead atoms. The Kier molecular flexibility index (Phi) is 4.23. The van der Waals surface area contributed by atoms with Gasteiger partial charge in [-0.2, -0.15) is 0 Å². The molecule has 3 rings (SSSR count). The van der Waals surface area contributed by atoms with Crippen molar-refractivity contribution in [1.82, 2.24) is 4.72 Å². The van der Waals surface area contributed by atoms with Gasteiger partial charge in [0.15, 0.2) is 0 Å². The molecule has 2 aromatic rings. The van der Waals surface area contributed by atoms with Crippen LogP contribution >= 0.6 is 0 Å². The van der Waals surface area contributed by atoms with Gasteiger partial charge in [0.25, 0.3) is 15.9 Å². The van der Waals surface area contributed by atoms with Crippen LogP contribution < -0.4 is 9.62 Å². The second-order valence-corrected chi connectivity index (χ2v) is 7.91. The molecule has 0 radical (unpaired) electrons. The first-order valence-corrected chi connectivity index (χ1v) is 9.25. The van der Waals surface area contributed by atoms with Gasteiger partial charge in [-0.25, -0.2) is 13.1 Å². The van der Waals surface area contributed by atoms with Gasteiger partial charge in [0.05, 0.1) is 5.56 Å². The maximum Gasteiger partial charge on any atom is 0.273 e. The van der Waals surface area contributed by atoms with E-state index in [9.17, 15) is 13.2 Å². The van der Waals surface area contributed by atoms with E-state index in [1.54, 1.807) is 11.8 Å². The molecule has 0 aliphatic carbocycles. The number of anilines is 1. The highest BCUT2D eigenvalue weighted by molar-refractivity contribution is 7.89. The minimum atomic E-state index is -3.72. The number of hydrogen-bond acceptors (Lipinski definition) is 4. The average Bonchev–Trinajstić information content (AvgIpc) is 2.96. The summed E-state index contributed by atoms with van der Waals surface area (Å²) < 4.78 is 31.3. The summed E-state index contributed by atoms with van der Waals surface area (Å²) in [6, 6.07) is 9.09. The van der Waals surface area contributed by atoms with E-state index in [0.717, 1.165) is 17.7 Å². The molecular weight excluding hydrogens is 328 g/mol. The molecule has 24 heavy (non-hydrogen) atoms. The lowest BCUT2D eigenvalue weighted by molar-refractivity contribution is 0.0979. The van der Waals surface area contributed by atoms with Crippen LogP contribution in [-0.2, 0) is 16.4 Å². The fraction of sp³-hybridized carbons (Fsp3) is 0.353. The lowest BCUT2D eigenvalue weighted by atomic mass is 9.93. The average molecular weight is 348 g/mol. The molecule has 128 valence electrons. The molecule has 1 atom stereocenters. The number of aryl methyl sites for hydroxylation is 1. The number of nitrogens with one attached hydrogen (secondary N) is 1. The van der Waals surface area contributed by atoms with Crippen molar-refractivity contribution >= 4 is 21.6 Å². The quantitative estimate of drug-likeness (QED) is 0.923. The Hall–Kier alpha value is -2.12. The van der Waals surface area contributed by atoms with Crippen LogP contribution in [0.2, 0.25) is 0 Å². The highest BCUT2D eigenvalue weighted by Crippen LogP contribution is 2.31. The van der Waals surface area contributed by atoms with Gasteiger partial charge < -0.3 is 9.32 Å². The summed E-state index contributed by atoms with van der Waals surface area (Å²) >= 11 is 0. The van der Waals surface area contributed by atoms with Crippen LogP contribution in [0.3, 0.4) is 0 Å². The van der Waals surface area contributed by atoms with Crippen molar-refractivity contribution in [3.05, 3.63) is 47.2 Å². The molecular formula is C17H20N2O4S. The Bertz CT molecular complexity index is 886. The monoisotopic (exact) mass is 348 g/mol. The summed E-state index contributed by atoms with van der Waals surface area (Å²) in [5, 5.41) is -0.246. The fourth-order valence-corrected chi connectivity index (χ4v) is 3.74. The third-order valence-corrected chi connectivity index (χ3v) is 5.52. The smallest absolute Gasteiger partial charge is 0.273 e. The first-order chi connectivity index (χ1) is 11.3. The first kappa shape index (κ1) is 16.7. The summed E-state index contributed by atoms with van der Waals surface area (Å²) in [6.45, 7) is 4.28. The minimum Gasteiger partial charge on any atom is -0.448 e. The Morgan fingerprint density at radius 1 is 1.33 bits per heavy atom. The Balaban J connectivity index is 2.02. The number of carbonyl (C=O) groups excluding carboxylic acids is 1. The molecule has 6 nitrogen and oxygen atoms in total. The molecule has 1 amide bonds. The van der Waals surface area contributed by atoms with Crippen LogP contribution in [0.5, 0.6) is 0 Å². The van der Waals surface area contributed by atoms with Gasteiger partial charge in [0.2, 0.25) is 5.09 Å². The third kappa shape index (κ3) is 2.85. The Labute approximate surface area is 141 Å². The van der Waals surface area contributed by atoms with Gasteiger partial charge in [-0.15, -0.1) is 0 Å². The van der Waals surface area contributed by atoms with E-state index in [-0.39, 0.29) is 16.6 Å². The number of furan rings is 1. The molecule has 0 saturated heterocycles. The Morgan fingerprint density at radius 3 is 2.75 bits per heavy atom. The second kappa shape index (κ2) is 6.07. The van der Waals surface area contributed by atoms with E-state index in [2.05, 4.69) is 11.6 Å². The van der Waals surface area contributed by atoms with Crippen LogP contribution in [-0.4, -0.2) is 27.9 Å². The number of carbonyl (C=O) groups is 1. The van der Waals surface area contributed by atoms with E-state index >= 15 is 0 Å². The van der Waals surface area contributed by atoms with E-state index in [0.29, 0.717) is 18.2 Å². The maximum atomic E-state index is 13.0. The predicted molar refractivity (Wildman–Crippen MR) is 90.7 cm³/mol. The highest BCUT2D eigenvalue weighted by Gasteiger charge is 2.30. The van der Waals surface area contributed by atoms with Crippen LogP contribution in [0, 0.1) is 12.8 Å². The second-order valence-electron chi connectivity index (χ2n) is 6.10. The molecule has 1 aromatic heterocycles. The van der Waals surface area contributed by atoms with E-state index in [4.69, 9.17) is 4.42 Å². The van der Waals surface area contributed by atoms with Crippen LogP contribution in [0.4, 0.5) is 5.69 Å². The molecule has 1 N–H and O–H groups in total. The van der Waals surface area contributed by atoms with Gasteiger partial charge in [0.1, 0.15) is 5.76 Å². The number of para-hydroxylation sites is 1. The Morgan fingerprint density at radius 2 is 2.04 bits per heavy atom. The van der Waals surface area contributed by atoms with Crippen molar-refractivity contribution in [3.63, 3.8) is 0 Å². The van der Waals surface area contributed by atoms with Gasteiger partial charge >= 0.3 is 0 Å². The lowest BCUT2D eigenvalue weighted by Gasteiger charge is -2.33. The summed E-state index contributed by atoms with van der Waals surface area (Å²) in [4.78, 5) is 14.7. The summed E-state index contributed by atoms with van der Waals surface area (Å²) in [5.74, 6) is 0.383. The topological polar surface area (TPSA) is 79.6 Å². The molecule has 1 aliphatic rings. The van der Waals surface area contributed by atoms with Crippen molar-refractivity contribution in [1.29, 1.82) is 0 Å². The normalized spacial score (nSPS) is 17.6. The molecule has 0 saturated carbocycles. The summed E-state index contributed by atoms with van der Waals surface area (Å²) in [6.07, 6.45) is 0.920. The van der Waals surface area contributed by atoms with E-state index in [1.807, 2.05) is 24.3 Å². The van der Waals surface area contributed by atoms with Crippen molar-refractivity contribution in [3.8, 4) is 0 Å². The number of sulfonamides is 1. The van der Waals surface area contributed by atoms with Crippen LogP contribution in [0.1, 0.15) is 28.6 Å². The standard InChI is InChI=1S/C17H20N2O4S/c1-11-8-13-6-4-5-7-15(13)19(10-11)17(20)14-9-16(23-12(14)2)24(21,22)18-3/h4-7,9,11,18H,8,10H2,1-3H3/t11-/m0/s1. The number of hydrogen-bond donors (Lipinski definition) is 1. The number of benzene rings is 1. The van der Waals surface area contributed by atoms with Gasteiger partial charge in [0, 0.05) is 18.3 Å². The zero-order valence-electron chi connectivity index (χ0n) is 13.9. The fourth-order valence-electron chi connectivity index (χ4n) is 3.03. The lowest BCUT2D eigenvalue weighted by Crippen LogP contribution is -2.39. The van der Waals surface area contributed by atoms with Gasteiger partial charge in [-0.05, 0) is 37.9 Å². The van der Waals surface area contributed by atoms with Gasteiger partial charge in [-0.1, -0.05) is 25.1 Å². The maximum absolute atomic E-state index is 13.0. The zero-order valence-corrected chi connectivity index (χ0v) is 14.7. The highest BCUT2D eigenvalue weighted by atomic mass is 32.2.